The quantitative estimate of drug-likeness (QED) is 0.607. The fourth-order valence-corrected chi connectivity index (χ4v) is 8.20. The molecule has 3 saturated carbocycles. The largest absolute Gasteiger partial charge is 0.481 e. The second kappa shape index (κ2) is 7.45. The molecule has 0 aromatic carbocycles. The Hall–Kier alpha value is -1.18. The zero-order valence-electron chi connectivity index (χ0n) is 17.7. The van der Waals surface area contributed by atoms with Gasteiger partial charge in [0.1, 0.15) is 5.60 Å². The van der Waals surface area contributed by atoms with Crippen LogP contribution in [-0.2, 0) is 14.4 Å². The molecule has 0 aromatic rings. The van der Waals surface area contributed by atoms with Crippen LogP contribution in [0.5, 0.6) is 0 Å². The number of ketones is 2. The van der Waals surface area contributed by atoms with Crippen molar-refractivity contribution in [3.8, 4) is 0 Å². The van der Waals surface area contributed by atoms with E-state index in [1.807, 2.05) is 6.92 Å². The lowest BCUT2D eigenvalue weighted by molar-refractivity contribution is -0.178. The Morgan fingerprint density at radius 3 is 2.60 bits per heavy atom. The first kappa shape index (κ1) is 22.0. The number of thioether (sulfide) groups is 1. The van der Waals surface area contributed by atoms with Gasteiger partial charge in [-0.05, 0) is 67.8 Å². The van der Waals surface area contributed by atoms with E-state index in [1.165, 1.54) is 0 Å². The minimum atomic E-state index is -1.52. The molecule has 0 bridgehead atoms. The lowest BCUT2D eigenvalue weighted by Gasteiger charge is -2.60. The van der Waals surface area contributed by atoms with Gasteiger partial charge < -0.3 is 15.3 Å². The lowest BCUT2D eigenvalue weighted by atomic mass is 9.45. The van der Waals surface area contributed by atoms with E-state index in [-0.39, 0.29) is 46.2 Å². The minimum Gasteiger partial charge on any atom is -0.481 e. The predicted octanol–water partition coefficient (Wildman–Crippen LogP) is 2.61. The second-order valence-corrected chi connectivity index (χ2v) is 11.3. The van der Waals surface area contributed by atoms with Crippen molar-refractivity contribution < 1.29 is 29.7 Å². The van der Waals surface area contributed by atoms with Gasteiger partial charge in [0.15, 0.2) is 11.6 Å². The number of rotatable bonds is 5. The van der Waals surface area contributed by atoms with E-state index in [0.29, 0.717) is 19.3 Å². The standard InChI is InChI=1S/C23H32O6S/c1-21-7-5-14(24)9-13(21)3-4-15-16-6-8-23(29,18(26)11-30-12-19(27)28)22(16,2)10-17(25)20(15)21/h9,15-17,20,25,29H,3-8,10-12H2,1-2H3,(H,27,28)/t15-,16-,17+,20+,21+,22+,23+/m1/s1. The molecule has 0 aliphatic heterocycles. The molecule has 0 saturated heterocycles. The van der Waals surface area contributed by atoms with E-state index in [0.717, 1.165) is 43.0 Å². The monoisotopic (exact) mass is 436 g/mol. The Morgan fingerprint density at radius 2 is 1.90 bits per heavy atom. The number of hydrogen-bond acceptors (Lipinski definition) is 6. The van der Waals surface area contributed by atoms with Crippen LogP contribution in [0.1, 0.15) is 58.8 Å². The maximum Gasteiger partial charge on any atom is 0.313 e. The number of hydrogen-bond donors (Lipinski definition) is 3. The molecule has 4 rings (SSSR count). The average Bonchev–Trinajstić information content (AvgIpc) is 2.93. The third-order valence-electron chi connectivity index (χ3n) is 8.97. The van der Waals surface area contributed by atoms with Crippen LogP contribution >= 0.6 is 11.8 Å². The summed E-state index contributed by atoms with van der Waals surface area (Å²) < 4.78 is 0. The summed E-state index contributed by atoms with van der Waals surface area (Å²) in [5.41, 5.74) is -1.26. The molecule has 0 amide bonds. The molecule has 7 atom stereocenters. The van der Waals surface area contributed by atoms with Crippen molar-refractivity contribution >= 4 is 29.3 Å². The molecule has 4 aliphatic rings. The summed E-state index contributed by atoms with van der Waals surface area (Å²) in [4.78, 5) is 35.8. The van der Waals surface area contributed by atoms with Crippen molar-refractivity contribution in [1.82, 2.24) is 0 Å². The summed E-state index contributed by atoms with van der Waals surface area (Å²) in [7, 11) is 0. The summed E-state index contributed by atoms with van der Waals surface area (Å²) in [6.45, 7) is 4.13. The van der Waals surface area contributed by atoms with Gasteiger partial charge in [-0.15, -0.1) is 11.8 Å². The topological polar surface area (TPSA) is 112 Å². The SMILES string of the molecule is C[C@]12CCC(=O)C=C1CC[C@H]1[C@H]2[C@@H](O)C[C@@]2(C)[C@@H]1CC[C@]2(O)C(=O)CSCC(=O)O. The van der Waals surface area contributed by atoms with E-state index >= 15 is 0 Å². The van der Waals surface area contributed by atoms with Crippen LogP contribution in [-0.4, -0.2) is 56.1 Å². The zero-order chi connectivity index (χ0) is 21.9. The van der Waals surface area contributed by atoms with Gasteiger partial charge >= 0.3 is 5.97 Å². The molecule has 3 N–H and O–H groups in total. The normalized spacial score (nSPS) is 45.2. The summed E-state index contributed by atoms with van der Waals surface area (Å²) in [5, 5.41) is 31.7. The van der Waals surface area contributed by atoms with Crippen molar-refractivity contribution in [2.45, 2.75) is 70.5 Å². The van der Waals surface area contributed by atoms with Crippen molar-refractivity contribution in [2.24, 2.45) is 28.6 Å². The molecule has 166 valence electrons. The molecule has 3 fully saturated rings. The van der Waals surface area contributed by atoms with Crippen molar-refractivity contribution in [3.63, 3.8) is 0 Å². The molecule has 7 heteroatoms. The summed E-state index contributed by atoms with van der Waals surface area (Å²) in [6.07, 6.45) is 5.62. The summed E-state index contributed by atoms with van der Waals surface area (Å²) in [6, 6.07) is 0. The van der Waals surface area contributed by atoms with Crippen LogP contribution in [0.2, 0.25) is 0 Å². The number of carbonyl (C=O) groups is 3. The summed E-state index contributed by atoms with van der Waals surface area (Å²) >= 11 is 1.02. The van der Waals surface area contributed by atoms with E-state index in [1.54, 1.807) is 6.08 Å². The maximum atomic E-state index is 13.0. The number of Topliss-reactive ketones (excluding diaryl/α,β-unsaturated/α-hetero) is 1. The highest BCUT2D eigenvalue weighted by Crippen LogP contribution is 2.67. The van der Waals surface area contributed by atoms with E-state index in [9.17, 15) is 24.6 Å². The number of aliphatic carboxylic acids is 1. The molecule has 0 aromatic heterocycles. The molecule has 4 aliphatic carbocycles. The van der Waals surface area contributed by atoms with Gasteiger partial charge in [0.2, 0.25) is 0 Å². The first-order valence-electron chi connectivity index (χ1n) is 11.0. The minimum absolute atomic E-state index is 0.0258. The van der Waals surface area contributed by atoms with E-state index in [4.69, 9.17) is 5.11 Å². The maximum absolute atomic E-state index is 13.0. The first-order valence-corrected chi connectivity index (χ1v) is 12.2. The van der Waals surface area contributed by atoms with Gasteiger partial charge in [-0.2, -0.15) is 0 Å². The first-order chi connectivity index (χ1) is 14.0. The van der Waals surface area contributed by atoms with Crippen molar-refractivity contribution in [2.75, 3.05) is 11.5 Å². The van der Waals surface area contributed by atoms with Crippen molar-refractivity contribution in [3.05, 3.63) is 11.6 Å². The van der Waals surface area contributed by atoms with Gasteiger partial charge in [0, 0.05) is 11.8 Å². The average molecular weight is 437 g/mol. The number of carbonyl (C=O) groups excluding carboxylic acids is 2. The van der Waals surface area contributed by atoms with Crippen LogP contribution in [0, 0.1) is 28.6 Å². The number of allylic oxidation sites excluding steroid dienone is 1. The van der Waals surface area contributed by atoms with Gasteiger partial charge in [0.25, 0.3) is 0 Å². The molecule has 30 heavy (non-hydrogen) atoms. The van der Waals surface area contributed by atoms with E-state index in [2.05, 4.69) is 6.92 Å². The number of carboxylic acid groups (broad SMARTS) is 1. The number of aliphatic hydroxyl groups excluding tert-OH is 1. The number of aliphatic hydroxyl groups is 2. The van der Waals surface area contributed by atoms with Gasteiger partial charge in [0.05, 0.1) is 17.6 Å². The summed E-state index contributed by atoms with van der Waals surface area (Å²) in [5.74, 6) is -0.906. The van der Waals surface area contributed by atoms with Crippen LogP contribution in [0.15, 0.2) is 11.6 Å². The van der Waals surface area contributed by atoms with Crippen LogP contribution in [0.25, 0.3) is 0 Å². The zero-order valence-corrected chi connectivity index (χ0v) is 18.5. The predicted molar refractivity (Wildman–Crippen MR) is 113 cm³/mol. The fraction of sp³-hybridized carbons (Fsp3) is 0.783. The molecule has 0 spiro atoms. The highest BCUT2D eigenvalue weighted by Gasteiger charge is 2.68. The van der Waals surface area contributed by atoms with Crippen LogP contribution in [0.4, 0.5) is 0 Å². The number of fused-ring (bicyclic) bond motifs is 5. The molecule has 0 heterocycles. The molecule has 0 unspecified atom stereocenters. The highest BCUT2D eigenvalue weighted by molar-refractivity contribution is 8.00. The van der Waals surface area contributed by atoms with Crippen LogP contribution in [0.3, 0.4) is 0 Å². The molecule has 6 nitrogen and oxygen atoms in total. The Balaban J connectivity index is 1.61. The Kier molecular flexibility index (Phi) is 5.47. The Morgan fingerprint density at radius 1 is 1.17 bits per heavy atom. The fourth-order valence-electron chi connectivity index (χ4n) is 7.50. The van der Waals surface area contributed by atoms with Gasteiger partial charge in [-0.1, -0.05) is 19.4 Å². The molecular formula is C23H32O6S. The van der Waals surface area contributed by atoms with Crippen LogP contribution < -0.4 is 0 Å². The molecular weight excluding hydrogens is 404 g/mol. The number of carboxylic acids is 1. The third-order valence-corrected chi connectivity index (χ3v) is 9.89. The van der Waals surface area contributed by atoms with Crippen molar-refractivity contribution in [1.29, 1.82) is 0 Å². The Bertz CT molecular complexity index is 808. The highest BCUT2D eigenvalue weighted by atomic mass is 32.2. The van der Waals surface area contributed by atoms with E-state index < -0.39 is 23.1 Å². The van der Waals surface area contributed by atoms with Gasteiger partial charge in [-0.25, -0.2) is 0 Å². The third kappa shape index (κ3) is 3.11. The smallest absolute Gasteiger partial charge is 0.313 e. The second-order valence-electron chi connectivity index (χ2n) is 10.3. The molecule has 0 radical (unpaired) electrons. The van der Waals surface area contributed by atoms with Gasteiger partial charge in [-0.3, -0.25) is 14.4 Å². The Labute approximate surface area is 181 Å². The lowest BCUT2D eigenvalue weighted by Crippen LogP contribution is -2.62.